The number of nitrogens with one attached hydrogen (secondary N) is 1. The second kappa shape index (κ2) is 7.31. The lowest BCUT2D eigenvalue weighted by molar-refractivity contribution is -0.116. The van der Waals surface area contributed by atoms with E-state index in [1.807, 2.05) is 54.6 Å². The van der Waals surface area contributed by atoms with Crippen LogP contribution in [0.25, 0.3) is 0 Å². The SMILES string of the molecule is NCc1ccc(NC(=O)CCOc2ccccc2)cc1. The van der Waals surface area contributed by atoms with Gasteiger partial charge in [-0.15, -0.1) is 0 Å². The van der Waals surface area contributed by atoms with E-state index in [1.54, 1.807) is 0 Å². The van der Waals surface area contributed by atoms with Gasteiger partial charge in [0.25, 0.3) is 0 Å². The van der Waals surface area contributed by atoms with Crippen LogP contribution in [-0.4, -0.2) is 12.5 Å². The largest absolute Gasteiger partial charge is 0.493 e. The highest BCUT2D eigenvalue weighted by Gasteiger charge is 2.03. The first-order valence-electron chi connectivity index (χ1n) is 6.54. The number of anilines is 1. The minimum atomic E-state index is -0.0681. The molecule has 0 aliphatic rings. The fourth-order valence-corrected chi connectivity index (χ4v) is 1.73. The molecule has 4 nitrogen and oxygen atoms in total. The highest BCUT2D eigenvalue weighted by Crippen LogP contribution is 2.11. The molecule has 3 N–H and O–H groups in total. The maximum absolute atomic E-state index is 11.7. The Morgan fingerprint density at radius 3 is 2.40 bits per heavy atom. The van der Waals surface area contributed by atoms with E-state index in [2.05, 4.69) is 5.32 Å². The van der Waals surface area contributed by atoms with E-state index in [1.165, 1.54) is 0 Å². The van der Waals surface area contributed by atoms with Gasteiger partial charge >= 0.3 is 0 Å². The minimum absolute atomic E-state index is 0.0681. The molecule has 2 rings (SSSR count). The summed E-state index contributed by atoms with van der Waals surface area (Å²) in [5, 5.41) is 2.82. The summed E-state index contributed by atoms with van der Waals surface area (Å²) in [6.07, 6.45) is 0.313. The third-order valence-corrected chi connectivity index (χ3v) is 2.81. The summed E-state index contributed by atoms with van der Waals surface area (Å²) in [6.45, 7) is 0.857. The zero-order valence-corrected chi connectivity index (χ0v) is 11.2. The second-order valence-electron chi connectivity index (χ2n) is 4.36. The monoisotopic (exact) mass is 270 g/mol. The maximum Gasteiger partial charge on any atom is 0.227 e. The first-order chi connectivity index (χ1) is 9.78. The Balaban J connectivity index is 1.74. The number of hydrogen-bond donors (Lipinski definition) is 2. The summed E-state index contributed by atoms with van der Waals surface area (Å²) in [5.74, 6) is 0.703. The lowest BCUT2D eigenvalue weighted by Crippen LogP contribution is -2.15. The van der Waals surface area contributed by atoms with Gasteiger partial charge in [0.05, 0.1) is 13.0 Å². The average molecular weight is 270 g/mol. The minimum Gasteiger partial charge on any atom is -0.493 e. The molecule has 0 unspecified atom stereocenters. The van der Waals surface area contributed by atoms with E-state index in [-0.39, 0.29) is 5.91 Å². The molecule has 104 valence electrons. The zero-order chi connectivity index (χ0) is 14.2. The molecule has 0 radical (unpaired) electrons. The molecule has 0 saturated heterocycles. The van der Waals surface area contributed by atoms with Crippen LogP contribution >= 0.6 is 0 Å². The first-order valence-corrected chi connectivity index (χ1v) is 6.54. The van der Waals surface area contributed by atoms with Crippen molar-refractivity contribution in [3.05, 3.63) is 60.2 Å². The Kier molecular flexibility index (Phi) is 5.15. The molecule has 0 bridgehead atoms. The van der Waals surface area contributed by atoms with Crippen molar-refractivity contribution in [2.75, 3.05) is 11.9 Å². The molecule has 0 heterocycles. The van der Waals surface area contributed by atoms with Crippen molar-refractivity contribution in [2.24, 2.45) is 5.73 Å². The van der Waals surface area contributed by atoms with Crippen molar-refractivity contribution in [3.63, 3.8) is 0 Å². The molecule has 2 aromatic carbocycles. The van der Waals surface area contributed by atoms with E-state index < -0.39 is 0 Å². The molecule has 0 aliphatic carbocycles. The molecule has 0 aromatic heterocycles. The number of para-hydroxylation sites is 1. The molecule has 0 atom stereocenters. The molecule has 2 aromatic rings. The predicted octanol–water partition coefficient (Wildman–Crippen LogP) is 2.55. The standard InChI is InChI=1S/C16H18N2O2/c17-12-13-6-8-14(9-7-13)18-16(19)10-11-20-15-4-2-1-3-5-15/h1-9H,10-12,17H2,(H,18,19). The van der Waals surface area contributed by atoms with Crippen LogP contribution in [-0.2, 0) is 11.3 Å². The van der Waals surface area contributed by atoms with E-state index in [0.717, 1.165) is 17.0 Å². The number of nitrogens with two attached hydrogens (primary N) is 1. The summed E-state index contributed by atoms with van der Waals surface area (Å²) in [4.78, 5) is 11.7. The quantitative estimate of drug-likeness (QED) is 0.848. The smallest absolute Gasteiger partial charge is 0.227 e. The fourth-order valence-electron chi connectivity index (χ4n) is 1.73. The zero-order valence-electron chi connectivity index (χ0n) is 11.2. The molecular formula is C16H18N2O2. The van der Waals surface area contributed by atoms with Crippen LogP contribution in [0.5, 0.6) is 5.75 Å². The first kappa shape index (κ1) is 14.1. The van der Waals surface area contributed by atoms with Crippen molar-refractivity contribution in [1.29, 1.82) is 0 Å². The highest BCUT2D eigenvalue weighted by molar-refractivity contribution is 5.90. The second-order valence-corrected chi connectivity index (χ2v) is 4.36. The molecule has 4 heteroatoms. The summed E-state index contributed by atoms with van der Waals surface area (Å²) in [7, 11) is 0. The van der Waals surface area contributed by atoms with Crippen molar-refractivity contribution in [1.82, 2.24) is 0 Å². The van der Waals surface area contributed by atoms with Crippen LogP contribution in [0.3, 0.4) is 0 Å². The van der Waals surface area contributed by atoms with Gasteiger partial charge in [0.1, 0.15) is 5.75 Å². The van der Waals surface area contributed by atoms with Gasteiger partial charge in [-0.25, -0.2) is 0 Å². The highest BCUT2D eigenvalue weighted by atomic mass is 16.5. The maximum atomic E-state index is 11.7. The van der Waals surface area contributed by atoms with E-state index in [4.69, 9.17) is 10.5 Å². The summed E-state index contributed by atoms with van der Waals surface area (Å²) in [6, 6.07) is 16.9. The number of benzene rings is 2. The fraction of sp³-hybridized carbons (Fsp3) is 0.188. The lowest BCUT2D eigenvalue weighted by atomic mass is 10.2. The molecule has 0 saturated carbocycles. The number of carbonyl (C=O) groups excluding carboxylic acids is 1. The van der Waals surface area contributed by atoms with Gasteiger partial charge in [-0.3, -0.25) is 4.79 Å². The van der Waals surface area contributed by atoms with Crippen LogP contribution in [0.4, 0.5) is 5.69 Å². The molecular weight excluding hydrogens is 252 g/mol. The van der Waals surface area contributed by atoms with Crippen LogP contribution in [0.1, 0.15) is 12.0 Å². The Bertz CT molecular complexity index is 538. The lowest BCUT2D eigenvalue weighted by Gasteiger charge is -2.07. The number of ether oxygens (including phenoxy) is 1. The Morgan fingerprint density at radius 1 is 1.05 bits per heavy atom. The Morgan fingerprint density at radius 2 is 1.75 bits per heavy atom. The van der Waals surface area contributed by atoms with Gasteiger partial charge in [-0.05, 0) is 29.8 Å². The molecule has 0 aliphatic heterocycles. The van der Waals surface area contributed by atoms with Crippen molar-refractivity contribution >= 4 is 11.6 Å². The normalized spacial score (nSPS) is 10.1. The van der Waals surface area contributed by atoms with Crippen molar-refractivity contribution in [3.8, 4) is 5.75 Å². The van der Waals surface area contributed by atoms with Gasteiger partial charge in [-0.1, -0.05) is 30.3 Å². The summed E-state index contributed by atoms with van der Waals surface area (Å²) >= 11 is 0. The van der Waals surface area contributed by atoms with Crippen LogP contribution in [0, 0.1) is 0 Å². The third kappa shape index (κ3) is 4.40. The number of rotatable bonds is 6. The van der Waals surface area contributed by atoms with E-state index in [9.17, 15) is 4.79 Å². The predicted molar refractivity (Wildman–Crippen MR) is 79.5 cm³/mol. The number of hydrogen-bond acceptors (Lipinski definition) is 3. The van der Waals surface area contributed by atoms with Crippen molar-refractivity contribution < 1.29 is 9.53 Å². The Hall–Kier alpha value is -2.33. The summed E-state index contributed by atoms with van der Waals surface area (Å²) in [5.41, 5.74) is 7.33. The van der Waals surface area contributed by atoms with Crippen LogP contribution in [0.2, 0.25) is 0 Å². The van der Waals surface area contributed by atoms with Gasteiger partial charge < -0.3 is 15.8 Å². The van der Waals surface area contributed by atoms with E-state index in [0.29, 0.717) is 19.6 Å². The third-order valence-electron chi connectivity index (χ3n) is 2.81. The summed E-state index contributed by atoms with van der Waals surface area (Å²) < 4.78 is 5.47. The van der Waals surface area contributed by atoms with Gasteiger partial charge in [0.2, 0.25) is 5.91 Å². The topological polar surface area (TPSA) is 64.3 Å². The van der Waals surface area contributed by atoms with Crippen LogP contribution in [0.15, 0.2) is 54.6 Å². The van der Waals surface area contributed by atoms with Gasteiger partial charge in [0, 0.05) is 12.2 Å². The van der Waals surface area contributed by atoms with Crippen LogP contribution < -0.4 is 15.8 Å². The van der Waals surface area contributed by atoms with Crippen molar-refractivity contribution in [2.45, 2.75) is 13.0 Å². The molecule has 20 heavy (non-hydrogen) atoms. The van der Waals surface area contributed by atoms with Gasteiger partial charge in [-0.2, -0.15) is 0 Å². The Labute approximate surface area is 118 Å². The number of amides is 1. The van der Waals surface area contributed by atoms with E-state index >= 15 is 0 Å². The van der Waals surface area contributed by atoms with Gasteiger partial charge in [0.15, 0.2) is 0 Å². The molecule has 1 amide bonds. The average Bonchev–Trinajstić information content (AvgIpc) is 2.49. The number of carbonyl (C=O) groups is 1. The molecule has 0 fully saturated rings. The molecule has 0 spiro atoms.